The van der Waals surface area contributed by atoms with Crippen LogP contribution in [0, 0.1) is 0 Å². The van der Waals surface area contributed by atoms with E-state index in [9.17, 15) is 9.90 Å². The smallest absolute Gasteiger partial charge is 0.327 e. The molecule has 2 aromatic heterocycles. The fourth-order valence-electron chi connectivity index (χ4n) is 2.49. The van der Waals surface area contributed by atoms with Gasteiger partial charge in [-0.15, -0.1) is 0 Å². The van der Waals surface area contributed by atoms with Gasteiger partial charge in [-0.05, 0) is 19.8 Å². The van der Waals surface area contributed by atoms with Crippen LogP contribution in [-0.2, 0) is 0 Å². The van der Waals surface area contributed by atoms with E-state index in [1.807, 2.05) is 13.8 Å². The minimum Gasteiger partial charge on any atom is -0.389 e. The van der Waals surface area contributed by atoms with Crippen LogP contribution >= 0.6 is 11.6 Å². The van der Waals surface area contributed by atoms with E-state index in [1.54, 1.807) is 11.5 Å². The van der Waals surface area contributed by atoms with Gasteiger partial charge < -0.3 is 5.11 Å². The monoisotopic (exact) mass is 283 g/mol. The van der Waals surface area contributed by atoms with Gasteiger partial charge in [0.05, 0.1) is 16.6 Å². The highest BCUT2D eigenvalue weighted by molar-refractivity contribution is 6.32. The van der Waals surface area contributed by atoms with E-state index in [4.69, 9.17) is 11.6 Å². The Hall–Kier alpha value is -1.33. The molecule has 0 fully saturated rings. The second kappa shape index (κ2) is 5.35. The second-order valence-corrected chi connectivity index (χ2v) is 5.07. The molecule has 0 aliphatic heterocycles. The van der Waals surface area contributed by atoms with Gasteiger partial charge in [-0.1, -0.05) is 25.4 Å². The Labute approximate surface area is 116 Å². The molecule has 2 N–H and O–H groups in total. The molecule has 2 rings (SSSR count). The van der Waals surface area contributed by atoms with Crippen LogP contribution in [0.25, 0.3) is 11.2 Å². The summed E-state index contributed by atoms with van der Waals surface area (Å²) in [7, 11) is 0. The first-order chi connectivity index (χ1) is 9.01. The van der Waals surface area contributed by atoms with Gasteiger partial charge in [0, 0.05) is 17.8 Å². The summed E-state index contributed by atoms with van der Waals surface area (Å²) in [5.41, 5.74) is 1.43. The zero-order valence-corrected chi connectivity index (χ0v) is 12.0. The van der Waals surface area contributed by atoms with E-state index in [2.05, 4.69) is 9.97 Å². The van der Waals surface area contributed by atoms with Gasteiger partial charge >= 0.3 is 5.69 Å². The van der Waals surface area contributed by atoms with E-state index >= 15 is 0 Å². The number of hydrogen-bond acceptors (Lipinski definition) is 3. The lowest BCUT2D eigenvalue weighted by Crippen LogP contribution is -2.22. The first-order valence-corrected chi connectivity index (χ1v) is 6.85. The number of aliphatic hydroxyl groups is 1. The summed E-state index contributed by atoms with van der Waals surface area (Å²) < 4.78 is 1.66. The largest absolute Gasteiger partial charge is 0.389 e. The number of halogens is 1. The lowest BCUT2D eigenvalue weighted by Gasteiger charge is -2.17. The maximum Gasteiger partial charge on any atom is 0.327 e. The fraction of sp³-hybridized carbons (Fsp3) is 0.538. The lowest BCUT2D eigenvalue weighted by molar-refractivity contribution is 0.200. The summed E-state index contributed by atoms with van der Waals surface area (Å²) in [6.07, 6.45) is 2.36. The molecule has 2 aromatic rings. The predicted molar refractivity (Wildman–Crippen MR) is 75.6 cm³/mol. The zero-order valence-electron chi connectivity index (χ0n) is 11.3. The van der Waals surface area contributed by atoms with Gasteiger partial charge in [-0.3, -0.25) is 9.55 Å². The van der Waals surface area contributed by atoms with Crippen LogP contribution in [0.2, 0.25) is 5.02 Å². The first-order valence-electron chi connectivity index (χ1n) is 6.47. The van der Waals surface area contributed by atoms with Crippen LogP contribution < -0.4 is 5.69 Å². The Morgan fingerprint density at radius 3 is 2.63 bits per heavy atom. The second-order valence-electron chi connectivity index (χ2n) is 4.66. The summed E-state index contributed by atoms with van der Waals surface area (Å²) >= 11 is 6.12. The van der Waals surface area contributed by atoms with Crippen molar-refractivity contribution in [3.63, 3.8) is 0 Å². The van der Waals surface area contributed by atoms with Gasteiger partial charge in [0.15, 0.2) is 5.65 Å². The van der Waals surface area contributed by atoms with E-state index in [0.29, 0.717) is 21.7 Å². The van der Waals surface area contributed by atoms with Gasteiger partial charge in [-0.2, -0.15) is 0 Å². The Morgan fingerprint density at radius 2 is 2.11 bits per heavy atom. The third kappa shape index (κ3) is 2.28. The van der Waals surface area contributed by atoms with Gasteiger partial charge in [0.1, 0.15) is 0 Å². The Morgan fingerprint density at radius 1 is 1.47 bits per heavy atom. The molecule has 0 aliphatic carbocycles. The molecule has 6 heteroatoms. The van der Waals surface area contributed by atoms with Crippen LogP contribution in [0.1, 0.15) is 51.3 Å². The maximum absolute atomic E-state index is 12.1. The normalized spacial score (nSPS) is 13.4. The number of rotatable bonds is 4. The molecule has 0 aliphatic rings. The Bertz CT molecular complexity index is 641. The quantitative estimate of drug-likeness (QED) is 0.906. The maximum atomic E-state index is 12.1. The number of pyridine rings is 1. The Balaban J connectivity index is 2.86. The number of imidazole rings is 1. The van der Waals surface area contributed by atoms with Crippen molar-refractivity contribution >= 4 is 22.8 Å². The first kappa shape index (κ1) is 14.1. The van der Waals surface area contributed by atoms with E-state index in [-0.39, 0.29) is 11.7 Å². The van der Waals surface area contributed by atoms with E-state index in [0.717, 1.165) is 12.8 Å². The van der Waals surface area contributed by atoms with E-state index < -0.39 is 6.10 Å². The van der Waals surface area contributed by atoms with Crippen LogP contribution in [-0.4, -0.2) is 19.6 Å². The number of nitrogens with one attached hydrogen (secondary N) is 1. The van der Waals surface area contributed by atoms with Crippen LogP contribution in [0.5, 0.6) is 0 Å². The molecule has 0 saturated carbocycles. The zero-order chi connectivity index (χ0) is 14.2. The highest BCUT2D eigenvalue weighted by Crippen LogP contribution is 2.30. The molecular formula is C13H18ClN3O2. The number of nitrogens with zero attached hydrogens (tertiary/aromatic N) is 2. The van der Waals surface area contributed by atoms with Gasteiger partial charge in [0.25, 0.3) is 0 Å². The van der Waals surface area contributed by atoms with Crippen molar-refractivity contribution in [2.24, 2.45) is 0 Å². The summed E-state index contributed by atoms with van der Waals surface area (Å²) in [5, 5.41) is 10.3. The van der Waals surface area contributed by atoms with Crippen LogP contribution in [0.15, 0.2) is 11.0 Å². The van der Waals surface area contributed by atoms with Crippen LogP contribution in [0.4, 0.5) is 0 Å². The molecule has 0 bridgehead atoms. The minimum absolute atomic E-state index is 0.0685. The molecule has 1 unspecified atom stereocenters. The SMILES string of the molecule is CCC(CC)n1c(=O)[nH]c2ncc(Cl)c(C(C)O)c21. The molecule has 2 heterocycles. The Kier molecular flexibility index (Phi) is 3.96. The number of aromatic nitrogens is 3. The molecule has 0 aromatic carbocycles. The number of fused-ring (bicyclic) bond motifs is 1. The van der Waals surface area contributed by atoms with Crippen molar-refractivity contribution in [1.82, 2.24) is 14.5 Å². The standard InChI is InChI=1S/C13H18ClN3O2/c1-4-8(5-2)17-11-10(7(3)18)9(14)6-15-12(11)16-13(17)19/h6-8,18H,4-5H2,1-3H3,(H,15,16,19). The number of aliphatic hydroxyl groups excluding tert-OH is 1. The highest BCUT2D eigenvalue weighted by Gasteiger charge is 2.21. The third-order valence-electron chi connectivity index (χ3n) is 3.45. The fourth-order valence-corrected chi connectivity index (χ4v) is 2.79. The molecule has 104 valence electrons. The van der Waals surface area contributed by atoms with Crippen molar-refractivity contribution in [2.75, 3.05) is 0 Å². The predicted octanol–water partition coefficient (Wildman–Crippen LogP) is 2.79. The third-order valence-corrected chi connectivity index (χ3v) is 3.76. The molecule has 0 saturated heterocycles. The van der Waals surface area contributed by atoms with Crippen molar-refractivity contribution in [1.29, 1.82) is 0 Å². The molecule has 0 radical (unpaired) electrons. The molecule has 1 atom stereocenters. The van der Waals surface area contributed by atoms with E-state index in [1.165, 1.54) is 6.20 Å². The molecular weight excluding hydrogens is 266 g/mol. The average molecular weight is 284 g/mol. The minimum atomic E-state index is -0.756. The number of aromatic amines is 1. The summed E-state index contributed by atoms with van der Waals surface area (Å²) in [4.78, 5) is 19.0. The van der Waals surface area contributed by atoms with Crippen molar-refractivity contribution in [2.45, 2.75) is 45.8 Å². The molecule has 19 heavy (non-hydrogen) atoms. The number of H-pyrrole nitrogens is 1. The topological polar surface area (TPSA) is 70.9 Å². The van der Waals surface area contributed by atoms with Gasteiger partial charge in [-0.25, -0.2) is 9.78 Å². The summed E-state index contributed by atoms with van der Waals surface area (Å²) in [6, 6.07) is 0.0685. The molecule has 0 spiro atoms. The molecule has 0 amide bonds. The average Bonchev–Trinajstić information content (AvgIpc) is 2.68. The van der Waals surface area contributed by atoms with Crippen LogP contribution in [0.3, 0.4) is 0 Å². The molecule has 5 nitrogen and oxygen atoms in total. The van der Waals surface area contributed by atoms with Gasteiger partial charge in [0.2, 0.25) is 0 Å². The lowest BCUT2D eigenvalue weighted by atomic mass is 10.1. The summed E-state index contributed by atoms with van der Waals surface area (Å²) in [5.74, 6) is 0. The van der Waals surface area contributed by atoms with Crippen molar-refractivity contribution < 1.29 is 5.11 Å². The van der Waals surface area contributed by atoms with Crippen molar-refractivity contribution in [3.8, 4) is 0 Å². The summed E-state index contributed by atoms with van der Waals surface area (Å²) in [6.45, 7) is 5.69. The van der Waals surface area contributed by atoms with Crippen molar-refractivity contribution in [3.05, 3.63) is 27.3 Å². The highest BCUT2D eigenvalue weighted by atomic mass is 35.5. The number of hydrogen-bond donors (Lipinski definition) is 2.